The van der Waals surface area contributed by atoms with Crippen molar-refractivity contribution in [2.75, 3.05) is 11.9 Å². The summed E-state index contributed by atoms with van der Waals surface area (Å²) in [6.07, 6.45) is 5.02. The van der Waals surface area contributed by atoms with E-state index in [9.17, 15) is 31.5 Å². The summed E-state index contributed by atoms with van der Waals surface area (Å²) in [5.74, 6) is -6.17. The molecule has 1 unspecified atom stereocenters. The number of nitrogens with one attached hydrogen (secondary N) is 1. The quantitative estimate of drug-likeness (QED) is 0.342. The maximum Gasteiger partial charge on any atom is 0.255 e. The van der Waals surface area contributed by atoms with E-state index in [-0.39, 0.29) is 59.1 Å². The Balaban J connectivity index is 1.32. The van der Waals surface area contributed by atoms with Crippen molar-refractivity contribution in [2.24, 2.45) is 11.8 Å². The van der Waals surface area contributed by atoms with Gasteiger partial charge in [0.25, 0.3) is 5.91 Å². The molecular formula is C28H26ClF3N2O5S. The van der Waals surface area contributed by atoms with Crippen molar-refractivity contribution in [3.63, 3.8) is 0 Å². The van der Waals surface area contributed by atoms with Gasteiger partial charge in [-0.3, -0.25) is 9.78 Å². The Hall–Kier alpha value is -2.99. The number of ether oxygens (including phenoxy) is 1. The lowest BCUT2D eigenvalue weighted by Gasteiger charge is -2.40. The molecular weight excluding hydrogens is 569 g/mol. The van der Waals surface area contributed by atoms with Crippen LogP contribution in [0, 0.1) is 29.3 Å². The molecule has 2 aromatic carbocycles. The molecule has 2 aliphatic rings. The van der Waals surface area contributed by atoms with E-state index < -0.39 is 44.0 Å². The Labute approximate surface area is 234 Å². The number of pyridine rings is 1. The topological polar surface area (TPSA) is 106 Å². The van der Waals surface area contributed by atoms with Gasteiger partial charge in [0.15, 0.2) is 27.3 Å². The fraction of sp³-hybridized carbons (Fsp3) is 0.357. The molecule has 12 heteroatoms. The Morgan fingerprint density at radius 1 is 1.10 bits per heavy atom. The number of halogens is 4. The molecule has 0 aliphatic heterocycles. The number of rotatable bonds is 8. The Morgan fingerprint density at radius 3 is 2.40 bits per heavy atom. The lowest BCUT2D eigenvalue weighted by atomic mass is 9.77. The first kappa shape index (κ1) is 28.5. The van der Waals surface area contributed by atoms with Crippen LogP contribution in [0.15, 0.2) is 59.8 Å². The number of carbonyl (C=O) groups excluding carboxylic acids is 1. The molecule has 212 valence electrons. The number of nitrogens with zero attached hydrogens (tertiary/aromatic N) is 1. The van der Waals surface area contributed by atoms with E-state index in [4.69, 9.17) is 16.3 Å². The SMILES string of the molecule is O=C(Nc1cc(F)c(F)c(F)c1)c1ccc(Cl)c(S(=O)(=O)[C@H]2C3CC[C@H]2C[C@](O)(COCc2cccnc2)C3)c1. The van der Waals surface area contributed by atoms with Gasteiger partial charge in [0, 0.05) is 35.8 Å². The lowest BCUT2D eigenvalue weighted by Crippen LogP contribution is -2.48. The van der Waals surface area contributed by atoms with Crippen molar-refractivity contribution in [3.05, 3.63) is 88.5 Å². The molecule has 0 saturated heterocycles. The molecule has 5 rings (SSSR count). The number of benzene rings is 2. The standard InChI is InChI=1S/C28H26ClF3N2O5S/c29-21-6-5-17(27(35)34-20-9-22(30)25(32)23(31)10-20)8-24(21)40(37,38)26-18-3-4-19(26)12-28(36,11-18)15-39-14-16-2-1-7-33-13-16/h1-2,5-10,13,18-19,26,36H,3-4,11-12,14-15H2,(H,34,35)/t18-,19?,26+,28+/m0/s1. The number of fused-ring (bicyclic) bond motifs is 2. The first-order chi connectivity index (χ1) is 19.0. The predicted molar refractivity (Wildman–Crippen MR) is 141 cm³/mol. The third kappa shape index (κ3) is 5.74. The maximum atomic E-state index is 13.9. The zero-order valence-electron chi connectivity index (χ0n) is 21.1. The first-order valence-electron chi connectivity index (χ1n) is 12.7. The maximum absolute atomic E-state index is 13.9. The number of hydrogen-bond acceptors (Lipinski definition) is 6. The molecule has 40 heavy (non-hydrogen) atoms. The Bertz CT molecular complexity index is 1500. The Morgan fingerprint density at radius 2 is 1.77 bits per heavy atom. The van der Waals surface area contributed by atoms with Crippen LogP contribution in [-0.4, -0.2) is 41.9 Å². The molecule has 2 bridgehead atoms. The predicted octanol–water partition coefficient (Wildman–Crippen LogP) is 5.31. The summed E-state index contributed by atoms with van der Waals surface area (Å²) in [4.78, 5) is 16.6. The highest BCUT2D eigenvalue weighted by Crippen LogP contribution is 2.51. The number of aliphatic hydroxyl groups is 1. The van der Waals surface area contributed by atoms with Gasteiger partial charge >= 0.3 is 0 Å². The third-order valence-corrected chi connectivity index (χ3v) is 10.5. The fourth-order valence-electron chi connectivity index (χ4n) is 5.94. The fourth-order valence-corrected chi connectivity index (χ4v) is 8.79. The van der Waals surface area contributed by atoms with E-state index in [2.05, 4.69) is 10.3 Å². The lowest BCUT2D eigenvalue weighted by molar-refractivity contribution is -0.0866. The van der Waals surface area contributed by atoms with Crippen LogP contribution in [0.4, 0.5) is 18.9 Å². The van der Waals surface area contributed by atoms with Gasteiger partial charge in [-0.25, -0.2) is 21.6 Å². The average molecular weight is 595 g/mol. The van der Waals surface area contributed by atoms with Gasteiger partial charge in [-0.15, -0.1) is 0 Å². The van der Waals surface area contributed by atoms with Crippen LogP contribution in [0.5, 0.6) is 0 Å². The van der Waals surface area contributed by atoms with Gasteiger partial charge < -0.3 is 15.2 Å². The summed E-state index contributed by atoms with van der Waals surface area (Å²) >= 11 is 6.30. The van der Waals surface area contributed by atoms with E-state index in [1.165, 1.54) is 12.1 Å². The second-order valence-corrected chi connectivity index (χ2v) is 12.9. The van der Waals surface area contributed by atoms with Crippen molar-refractivity contribution in [3.8, 4) is 0 Å². The normalized spacial score (nSPS) is 24.2. The first-order valence-corrected chi connectivity index (χ1v) is 14.6. The van der Waals surface area contributed by atoms with Gasteiger partial charge in [-0.05, 0) is 67.3 Å². The number of sulfone groups is 1. The van der Waals surface area contributed by atoms with Crippen molar-refractivity contribution >= 4 is 33.0 Å². The van der Waals surface area contributed by atoms with Crippen LogP contribution in [-0.2, 0) is 21.2 Å². The Kier molecular flexibility index (Phi) is 7.93. The zero-order chi connectivity index (χ0) is 28.7. The van der Waals surface area contributed by atoms with Crippen molar-refractivity contribution < 1.29 is 36.2 Å². The van der Waals surface area contributed by atoms with Crippen LogP contribution in [0.3, 0.4) is 0 Å². The molecule has 0 spiro atoms. The van der Waals surface area contributed by atoms with Crippen LogP contribution < -0.4 is 5.32 Å². The third-order valence-electron chi connectivity index (χ3n) is 7.58. The number of anilines is 1. The van der Waals surface area contributed by atoms with Crippen molar-refractivity contribution in [1.29, 1.82) is 0 Å². The van der Waals surface area contributed by atoms with E-state index in [1.54, 1.807) is 18.5 Å². The van der Waals surface area contributed by atoms with Gasteiger partial charge in [-0.1, -0.05) is 17.7 Å². The van der Waals surface area contributed by atoms with Gasteiger partial charge in [0.1, 0.15) is 0 Å². The van der Waals surface area contributed by atoms with E-state index in [0.29, 0.717) is 25.0 Å². The molecule has 4 atom stereocenters. The highest BCUT2D eigenvalue weighted by Gasteiger charge is 2.54. The van der Waals surface area contributed by atoms with E-state index in [1.807, 2.05) is 6.07 Å². The van der Waals surface area contributed by atoms with Gasteiger partial charge in [0.2, 0.25) is 0 Å². The summed E-state index contributed by atoms with van der Waals surface area (Å²) in [6, 6.07) is 8.55. The summed E-state index contributed by atoms with van der Waals surface area (Å²) in [6.45, 7) is 0.331. The second-order valence-electron chi connectivity index (χ2n) is 10.4. The highest BCUT2D eigenvalue weighted by molar-refractivity contribution is 7.92. The molecule has 1 amide bonds. The number of hydrogen-bond donors (Lipinski definition) is 2. The molecule has 0 radical (unpaired) electrons. The molecule has 2 fully saturated rings. The molecule has 3 aromatic rings. The number of carbonyl (C=O) groups is 1. The summed E-state index contributed by atoms with van der Waals surface area (Å²) in [7, 11) is -4.03. The van der Waals surface area contributed by atoms with Crippen molar-refractivity contribution in [1.82, 2.24) is 4.98 Å². The second kappa shape index (κ2) is 11.1. The van der Waals surface area contributed by atoms with Crippen LogP contribution in [0.1, 0.15) is 41.6 Å². The van der Waals surface area contributed by atoms with Crippen LogP contribution in [0.25, 0.3) is 0 Å². The molecule has 2 N–H and O–H groups in total. The summed E-state index contributed by atoms with van der Waals surface area (Å²) in [5.41, 5.74) is -0.767. The molecule has 1 aromatic heterocycles. The van der Waals surface area contributed by atoms with Crippen LogP contribution in [0.2, 0.25) is 5.02 Å². The highest BCUT2D eigenvalue weighted by atomic mass is 35.5. The zero-order valence-corrected chi connectivity index (χ0v) is 22.7. The van der Waals surface area contributed by atoms with E-state index in [0.717, 1.165) is 11.6 Å². The van der Waals surface area contributed by atoms with Gasteiger partial charge in [-0.2, -0.15) is 0 Å². The smallest absolute Gasteiger partial charge is 0.255 e. The number of amides is 1. The summed E-state index contributed by atoms with van der Waals surface area (Å²) < 4.78 is 73.9. The summed E-state index contributed by atoms with van der Waals surface area (Å²) in [5, 5.41) is 12.6. The minimum Gasteiger partial charge on any atom is -0.387 e. The minimum absolute atomic E-state index is 0.0582. The molecule has 7 nitrogen and oxygen atoms in total. The monoisotopic (exact) mass is 594 g/mol. The molecule has 2 aliphatic carbocycles. The van der Waals surface area contributed by atoms with Gasteiger partial charge in [0.05, 0.1) is 34.0 Å². The van der Waals surface area contributed by atoms with E-state index >= 15 is 0 Å². The van der Waals surface area contributed by atoms with Crippen molar-refractivity contribution in [2.45, 2.75) is 48.0 Å². The molecule has 2 saturated carbocycles. The largest absolute Gasteiger partial charge is 0.387 e. The number of aromatic nitrogens is 1. The average Bonchev–Trinajstić information content (AvgIpc) is 3.21. The molecule has 1 heterocycles. The van der Waals surface area contributed by atoms with Crippen LogP contribution >= 0.6 is 11.6 Å². The minimum atomic E-state index is -4.03.